The van der Waals surface area contributed by atoms with E-state index in [1.54, 1.807) is 22.7 Å². The Morgan fingerprint density at radius 2 is 2.08 bits per heavy atom. The molecule has 3 aromatic rings. The molecular formula is C20H22N2O2S2. The molecule has 4 nitrogen and oxygen atoms in total. The van der Waals surface area contributed by atoms with E-state index in [-0.39, 0.29) is 5.91 Å². The SMILES string of the molecule is CCOc1ccccc1CCC(=O)NCc1ccc(-c2csc(C)n2)s1. The Balaban J connectivity index is 1.50. The van der Waals surface area contributed by atoms with Crippen molar-refractivity contribution >= 4 is 28.6 Å². The summed E-state index contributed by atoms with van der Waals surface area (Å²) in [6.07, 6.45) is 1.13. The molecule has 0 radical (unpaired) electrons. The predicted molar refractivity (Wildman–Crippen MR) is 108 cm³/mol. The lowest BCUT2D eigenvalue weighted by Gasteiger charge is -2.09. The van der Waals surface area contributed by atoms with Gasteiger partial charge in [0.2, 0.25) is 5.91 Å². The van der Waals surface area contributed by atoms with Crippen molar-refractivity contribution < 1.29 is 9.53 Å². The normalized spacial score (nSPS) is 10.7. The first-order chi connectivity index (χ1) is 12.7. The fraction of sp³-hybridized carbons (Fsp3) is 0.300. The number of rotatable bonds is 8. The van der Waals surface area contributed by atoms with Crippen molar-refractivity contribution in [2.45, 2.75) is 33.2 Å². The Hall–Kier alpha value is -2.18. The highest BCUT2D eigenvalue weighted by molar-refractivity contribution is 7.16. The lowest BCUT2D eigenvalue weighted by molar-refractivity contribution is -0.121. The van der Waals surface area contributed by atoms with Gasteiger partial charge in [-0.05, 0) is 44.0 Å². The molecule has 1 aromatic carbocycles. The van der Waals surface area contributed by atoms with Gasteiger partial charge in [-0.15, -0.1) is 22.7 Å². The molecule has 0 fully saturated rings. The average Bonchev–Trinajstić information content (AvgIpc) is 3.28. The van der Waals surface area contributed by atoms with E-state index in [1.165, 1.54) is 0 Å². The number of carbonyl (C=O) groups excluding carboxylic acids is 1. The number of benzene rings is 1. The molecule has 136 valence electrons. The van der Waals surface area contributed by atoms with Gasteiger partial charge in [0.1, 0.15) is 5.75 Å². The maximum Gasteiger partial charge on any atom is 0.220 e. The Kier molecular flexibility index (Phi) is 6.41. The number of thiazole rings is 1. The molecule has 0 bridgehead atoms. The third-order valence-corrected chi connectivity index (χ3v) is 5.77. The van der Waals surface area contributed by atoms with Crippen molar-refractivity contribution in [3.05, 3.63) is 57.2 Å². The van der Waals surface area contributed by atoms with Gasteiger partial charge in [-0.25, -0.2) is 4.98 Å². The Morgan fingerprint density at radius 1 is 1.23 bits per heavy atom. The van der Waals surface area contributed by atoms with E-state index in [2.05, 4.69) is 27.8 Å². The number of nitrogens with one attached hydrogen (secondary N) is 1. The molecule has 0 saturated carbocycles. The largest absolute Gasteiger partial charge is 0.494 e. The molecule has 2 aromatic heterocycles. The number of aryl methyl sites for hydroxylation is 2. The molecule has 0 unspecified atom stereocenters. The van der Waals surface area contributed by atoms with Crippen LogP contribution >= 0.6 is 22.7 Å². The number of aromatic nitrogens is 1. The van der Waals surface area contributed by atoms with Crippen LogP contribution < -0.4 is 10.1 Å². The molecule has 1 N–H and O–H groups in total. The van der Waals surface area contributed by atoms with Crippen LogP contribution in [0.25, 0.3) is 10.6 Å². The number of hydrogen-bond acceptors (Lipinski definition) is 5. The molecule has 2 heterocycles. The number of hydrogen-bond donors (Lipinski definition) is 1. The van der Waals surface area contributed by atoms with Crippen molar-refractivity contribution in [3.8, 4) is 16.3 Å². The van der Waals surface area contributed by atoms with Crippen LogP contribution in [-0.2, 0) is 17.8 Å². The van der Waals surface area contributed by atoms with Crippen LogP contribution in [0, 0.1) is 6.92 Å². The average molecular weight is 387 g/mol. The van der Waals surface area contributed by atoms with Gasteiger partial charge in [0.05, 0.1) is 28.7 Å². The Labute approximate surface area is 161 Å². The van der Waals surface area contributed by atoms with Gasteiger partial charge in [-0.3, -0.25) is 4.79 Å². The molecule has 0 aliphatic heterocycles. The molecule has 3 rings (SSSR count). The highest BCUT2D eigenvalue weighted by Crippen LogP contribution is 2.29. The molecule has 0 aliphatic carbocycles. The second-order valence-electron chi connectivity index (χ2n) is 5.84. The Bertz CT molecular complexity index is 870. The quantitative estimate of drug-likeness (QED) is 0.603. The van der Waals surface area contributed by atoms with Crippen molar-refractivity contribution in [2.24, 2.45) is 0 Å². The minimum Gasteiger partial charge on any atom is -0.494 e. The molecule has 6 heteroatoms. The molecule has 26 heavy (non-hydrogen) atoms. The first-order valence-corrected chi connectivity index (χ1v) is 10.3. The minimum atomic E-state index is 0.0516. The Morgan fingerprint density at radius 3 is 2.85 bits per heavy atom. The zero-order valence-corrected chi connectivity index (χ0v) is 16.6. The zero-order valence-electron chi connectivity index (χ0n) is 15.0. The highest BCUT2D eigenvalue weighted by Gasteiger charge is 2.09. The first-order valence-electron chi connectivity index (χ1n) is 8.64. The van der Waals surface area contributed by atoms with Crippen LogP contribution in [0.5, 0.6) is 5.75 Å². The van der Waals surface area contributed by atoms with Crippen LogP contribution in [0.2, 0.25) is 0 Å². The van der Waals surface area contributed by atoms with Crippen molar-refractivity contribution in [2.75, 3.05) is 6.61 Å². The maximum absolute atomic E-state index is 12.2. The summed E-state index contributed by atoms with van der Waals surface area (Å²) in [5.74, 6) is 0.917. The molecule has 0 aliphatic rings. The van der Waals surface area contributed by atoms with E-state index in [0.29, 0.717) is 26.0 Å². The van der Waals surface area contributed by atoms with E-state index >= 15 is 0 Å². The smallest absolute Gasteiger partial charge is 0.220 e. The number of thiophene rings is 1. The van der Waals surface area contributed by atoms with E-state index in [9.17, 15) is 4.79 Å². The van der Waals surface area contributed by atoms with Gasteiger partial charge >= 0.3 is 0 Å². The standard InChI is InChI=1S/C20H22N2O2S2/c1-3-24-18-7-5-4-6-15(18)8-11-20(23)21-12-16-9-10-19(26-16)17-13-25-14(2)22-17/h4-7,9-10,13H,3,8,11-12H2,1-2H3,(H,21,23). The lowest BCUT2D eigenvalue weighted by Crippen LogP contribution is -2.22. The summed E-state index contributed by atoms with van der Waals surface area (Å²) >= 11 is 3.33. The van der Waals surface area contributed by atoms with Crippen molar-refractivity contribution in [1.29, 1.82) is 0 Å². The minimum absolute atomic E-state index is 0.0516. The first kappa shape index (κ1) is 18.6. The van der Waals surface area contributed by atoms with E-state index in [0.717, 1.165) is 31.8 Å². The van der Waals surface area contributed by atoms with Crippen LogP contribution in [0.3, 0.4) is 0 Å². The van der Waals surface area contributed by atoms with Gasteiger partial charge in [0.25, 0.3) is 0 Å². The maximum atomic E-state index is 12.2. The number of carbonyl (C=O) groups is 1. The number of amides is 1. The third-order valence-electron chi connectivity index (χ3n) is 3.89. The molecule has 0 spiro atoms. The third kappa shape index (κ3) is 4.93. The summed E-state index contributed by atoms with van der Waals surface area (Å²) in [4.78, 5) is 19.0. The molecule has 0 atom stereocenters. The van der Waals surface area contributed by atoms with Crippen molar-refractivity contribution in [3.63, 3.8) is 0 Å². The fourth-order valence-corrected chi connectivity index (χ4v) is 4.21. The van der Waals surface area contributed by atoms with Crippen LogP contribution in [0.15, 0.2) is 41.8 Å². The lowest BCUT2D eigenvalue weighted by atomic mass is 10.1. The van der Waals surface area contributed by atoms with Gasteiger partial charge < -0.3 is 10.1 Å². The predicted octanol–water partition coefficient (Wildman–Crippen LogP) is 4.83. The van der Waals surface area contributed by atoms with Crippen LogP contribution in [0.4, 0.5) is 0 Å². The van der Waals surface area contributed by atoms with Crippen molar-refractivity contribution in [1.82, 2.24) is 10.3 Å². The van der Waals surface area contributed by atoms with Gasteiger partial charge in [-0.2, -0.15) is 0 Å². The number of nitrogens with zero attached hydrogens (tertiary/aromatic N) is 1. The molecular weight excluding hydrogens is 364 g/mol. The summed E-state index contributed by atoms with van der Waals surface area (Å²) in [6.45, 7) is 5.15. The summed E-state index contributed by atoms with van der Waals surface area (Å²) in [5, 5.41) is 6.14. The van der Waals surface area contributed by atoms with E-state index in [1.807, 2.05) is 38.1 Å². The monoisotopic (exact) mass is 386 g/mol. The van der Waals surface area contributed by atoms with E-state index in [4.69, 9.17) is 4.74 Å². The zero-order chi connectivity index (χ0) is 18.4. The summed E-state index contributed by atoms with van der Waals surface area (Å²) in [7, 11) is 0. The second kappa shape index (κ2) is 8.96. The number of ether oxygens (including phenoxy) is 1. The highest BCUT2D eigenvalue weighted by atomic mass is 32.1. The number of para-hydroxylation sites is 1. The fourth-order valence-electron chi connectivity index (χ4n) is 2.62. The summed E-state index contributed by atoms with van der Waals surface area (Å²) in [5.41, 5.74) is 2.09. The molecule has 1 amide bonds. The van der Waals surface area contributed by atoms with Gasteiger partial charge in [-0.1, -0.05) is 18.2 Å². The van der Waals surface area contributed by atoms with Crippen LogP contribution in [0.1, 0.15) is 28.8 Å². The van der Waals surface area contributed by atoms with Crippen LogP contribution in [-0.4, -0.2) is 17.5 Å². The van der Waals surface area contributed by atoms with Gasteiger partial charge in [0, 0.05) is 16.7 Å². The summed E-state index contributed by atoms with van der Waals surface area (Å²) < 4.78 is 5.61. The second-order valence-corrected chi connectivity index (χ2v) is 8.07. The topological polar surface area (TPSA) is 51.2 Å². The molecule has 0 saturated heterocycles. The van der Waals surface area contributed by atoms with Gasteiger partial charge in [0.15, 0.2) is 0 Å². The van der Waals surface area contributed by atoms with E-state index < -0.39 is 0 Å². The summed E-state index contributed by atoms with van der Waals surface area (Å²) in [6, 6.07) is 12.0.